The average Bonchev–Trinajstić information content (AvgIpc) is 2.85. The summed E-state index contributed by atoms with van der Waals surface area (Å²) in [5, 5.41) is 3.46. The van der Waals surface area contributed by atoms with Crippen LogP contribution in [0.1, 0.15) is 29.2 Å². The van der Waals surface area contributed by atoms with Gasteiger partial charge >= 0.3 is 0 Å². The van der Waals surface area contributed by atoms with Gasteiger partial charge in [-0.25, -0.2) is 0 Å². The number of aromatic nitrogens is 1. The van der Waals surface area contributed by atoms with Crippen LogP contribution >= 0.6 is 11.3 Å². The molecule has 0 radical (unpaired) electrons. The van der Waals surface area contributed by atoms with Crippen molar-refractivity contribution in [2.24, 2.45) is 0 Å². The highest BCUT2D eigenvalue weighted by molar-refractivity contribution is 7.11. The third-order valence-electron chi connectivity index (χ3n) is 3.03. The zero-order valence-corrected chi connectivity index (χ0v) is 13.3. The maximum absolute atomic E-state index is 4.05. The molecule has 2 aromatic rings. The summed E-state index contributed by atoms with van der Waals surface area (Å²) in [6, 6.07) is 9.15. The maximum atomic E-state index is 4.05. The SMILES string of the molecule is CC(C)NCc1ccc(CN(C)Cc2ccncc2)s1. The van der Waals surface area contributed by atoms with Gasteiger partial charge in [0.1, 0.15) is 0 Å². The van der Waals surface area contributed by atoms with Crippen LogP contribution in [0.15, 0.2) is 36.7 Å². The minimum absolute atomic E-state index is 0.537. The molecule has 2 rings (SSSR count). The van der Waals surface area contributed by atoms with Crippen molar-refractivity contribution in [3.8, 4) is 0 Å². The molecule has 0 aliphatic rings. The zero-order chi connectivity index (χ0) is 14.4. The molecule has 1 N–H and O–H groups in total. The number of rotatable bonds is 7. The molecule has 4 heteroatoms. The fraction of sp³-hybridized carbons (Fsp3) is 0.438. The Labute approximate surface area is 125 Å². The summed E-state index contributed by atoms with van der Waals surface area (Å²) in [5.74, 6) is 0. The summed E-state index contributed by atoms with van der Waals surface area (Å²) in [7, 11) is 2.16. The first-order valence-electron chi connectivity index (χ1n) is 7.02. The molecule has 2 heterocycles. The highest BCUT2D eigenvalue weighted by Crippen LogP contribution is 2.18. The second kappa shape index (κ2) is 7.53. The van der Waals surface area contributed by atoms with E-state index in [0.717, 1.165) is 19.6 Å². The predicted octanol–water partition coefficient (Wildman–Crippen LogP) is 3.27. The molecule has 0 fully saturated rings. The third kappa shape index (κ3) is 5.04. The van der Waals surface area contributed by atoms with E-state index < -0.39 is 0 Å². The van der Waals surface area contributed by atoms with Crippen LogP contribution in [-0.2, 0) is 19.6 Å². The van der Waals surface area contributed by atoms with Gasteiger partial charge in [-0.2, -0.15) is 0 Å². The second-order valence-electron chi connectivity index (χ2n) is 5.43. The van der Waals surface area contributed by atoms with Crippen molar-refractivity contribution in [2.75, 3.05) is 7.05 Å². The molecule has 0 aliphatic heterocycles. The van der Waals surface area contributed by atoms with E-state index in [2.05, 4.69) is 60.4 Å². The number of thiophene rings is 1. The summed E-state index contributed by atoms with van der Waals surface area (Å²) >= 11 is 1.90. The van der Waals surface area contributed by atoms with Crippen molar-refractivity contribution >= 4 is 11.3 Å². The Kier molecular flexibility index (Phi) is 5.71. The van der Waals surface area contributed by atoms with E-state index in [4.69, 9.17) is 0 Å². The van der Waals surface area contributed by atoms with Crippen LogP contribution in [0.5, 0.6) is 0 Å². The van der Waals surface area contributed by atoms with E-state index in [9.17, 15) is 0 Å². The normalized spacial score (nSPS) is 11.4. The van der Waals surface area contributed by atoms with Crippen molar-refractivity contribution in [1.29, 1.82) is 0 Å². The fourth-order valence-electron chi connectivity index (χ4n) is 2.03. The molecule has 0 saturated heterocycles. The molecule has 0 amide bonds. The Morgan fingerprint density at radius 3 is 2.50 bits per heavy atom. The van der Waals surface area contributed by atoms with Crippen LogP contribution < -0.4 is 5.32 Å². The van der Waals surface area contributed by atoms with E-state index in [1.165, 1.54) is 15.3 Å². The van der Waals surface area contributed by atoms with Crippen molar-refractivity contribution in [3.63, 3.8) is 0 Å². The predicted molar refractivity (Wildman–Crippen MR) is 85.7 cm³/mol. The Bertz CT molecular complexity index is 507. The molecule has 0 atom stereocenters. The summed E-state index contributed by atoms with van der Waals surface area (Å²) in [4.78, 5) is 9.21. The second-order valence-corrected chi connectivity index (χ2v) is 6.68. The number of nitrogens with zero attached hydrogens (tertiary/aromatic N) is 2. The van der Waals surface area contributed by atoms with Gasteiger partial charge in [0.2, 0.25) is 0 Å². The lowest BCUT2D eigenvalue weighted by Crippen LogP contribution is -2.21. The minimum atomic E-state index is 0.537. The van der Waals surface area contributed by atoms with Crippen LogP contribution in [0.25, 0.3) is 0 Å². The summed E-state index contributed by atoms with van der Waals surface area (Å²) in [5.41, 5.74) is 1.31. The monoisotopic (exact) mass is 289 g/mol. The van der Waals surface area contributed by atoms with Crippen molar-refractivity contribution in [1.82, 2.24) is 15.2 Å². The molecule has 0 aliphatic carbocycles. The molecule has 108 valence electrons. The van der Waals surface area contributed by atoms with Gasteiger partial charge in [-0.1, -0.05) is 13.8 Å². The molecule has 20 heavy (non-hydrogen) atoms. The molecule has 2 aromatic heterocycles. The van der Waals surface area contributed by atoms with E-state index >= 15 is 0 Å². The number of hydrogen-bond acceptors (Lipinski definition) is 4. The minimum Gasteiger partial charge on any atom is -0.310 e. The van der Waals surface area contributed by atoms with E-state index in [0.29, 0.717) is 6.04 Å². The Balaban J connectivity index is 1.83. The van der Waals surface area contributed by atoms with Crippen LogP contribution in [-0.4, -0.2) is 23.0 Å². The summed E-state index contributed by atoms with van der Waals surface area (Å²) < 4.78 is 0. The van der Waals surface area contributed by atoms with Crippen LogP contribution in [0, 0.1) is 0 Å². The Hall–Kier alpha value is -1.23. The number of pyridine rings is 1. The lowest BCUT2D eigenvalue weighted by Gasteiger charge is -2.15. The molecule has 0 aromatic carbocycles. The Morgan fingerprint density at radius 1 is 1.10 bits per heavy atom. The zero-order valence-electron chi connectivity index (χ0n) is 12.5. The lowest BCUT2D eigenvalue weighted by atomic mass is 10.2. The number of nitrogens with one attached hydrogen (secondary N) is 1. The van der Waals surface area contributed by atoms with Crippen LogP contribution in [0.3, 0.4) is 0 Å². The third-order valence-corrected chi connectivity index (χ3v) is 4.10. The highest BCUT2D eigenvalue weighted by atomic mass is 32.1. The molecule has 0 spiro atoms. The fourth-order valence-corrected chi connectivity index (χ4v) is 3.08. The van der Waals surface area contributed by atoms with Crippen molar-refractivity contribution < 1.29 is 0 Å². The molecular weight excluding hydrogens is 266 g/mol. The standard InChI is InChI=1S/C16H23N3S/c1-13(2)18-10-15-4-5-16(20-15)12-19(3)11-14-6-8-17-9-7-14/h4-9,13,18H,10-12H2,1-3H3. The molecule has 0 unspecified atom stereocenters. The smallest absolute Gasteiger partial charge is 0.0328 e. The largest absolute Gasteiger partial charge is 0.310 e. The van der Waals surface area contributed by atoms with Gasteiger partial charge in [0, 0.05) is 47.8 Å². The van der Waals surface area contributed by atoms with E-state index in [-0.39, 0.29) is 0 Å². The summed E-state index contributed by atoms with van der Waals surface area (Å²) in [6.07, 6.45) is 3.70. The topological polar surface area (TPSA) is 28.2 Å². The average molecular weight is 289 g/mol. The number of hydrogen-bond donors (Lipinski definition) is 1. The van der Waals surface area contributed by atoms with Crippen LogP contribution in [0.2, 0.25) is 0 Å². The first-order chi connectivity index (χ1) is 9.63. The first kappa shape index (κ1) is 15.2. The van der Waals surface area contributed by atoms with Gasteiger partial charge in [0.15, 0.2) is 0 Å². The van der Waals surface area contributed by atoms with Gasteiger partial charge in [-0.3, -0.25) is 9.88 Å². The van der Waals surface area contributed by atoms with Crippen molar-refractivity contribution in [3.05, 3.63) is 52.0 Å². The van der Waals surface area contributed by atoms with Crippen molar-refractivity contribution in [2.45, 2.75) is 39.5 Å². The van der Waals surface area contributed by atoms with Gasteiger partial charge in [0.05, 0.1) is 0 Å². The summed E-state index contributed by atoms with van der Waals surface area (Å²) in [6.45, 7) is 7.28. The van der Waals surface area contributed by atoms with E-state index in [1.54, 1.807) is 0 Å². The first-order valence-corrected chi connectivity index (χ1v) is 7.83. The Morgan fingerprint density at radius 2 is 1.80 bits per heavy atom. The van der Waals surface area contributed by atoms with Crippen LogP contribution in [0.4, 0.5) is 0 Å². The van der Waals surface area contributed by atoms with E-state index in [1.807, 2.05) is 23.7 Å². The quantitative estimate of drug-likeness (QED) is 0.848. The van der Waals surface area contributed by atoms with Gasteiger partial charge < -0.3 is 5.32 Å². The molecule has 0 bridgehead atoms. The molecular formula is C16H23N3S. The lowest BCUT2D eigenvalue weighted by molar-refractivity contribution is 0.322. The highest BCUT2D eigenvalue weighted by Gasteiger charge is 2.05. The van der Waals surface area contributed by atoms with Gasteiger partial charge in [-0.05, 0) is 36.9 Å². The maximum Gasteiger partial charge on any atom is 0.0328 e. The molecule has 0 saturated carbocycles. The van der Waals surface area contributed by atoms with Gasteiger partial charge in [-0.15, -0.1) is 11.3 Å². The molecule has 3 nitrogen and oxygen atoms in total. The van der Waals surface area contributed by atoms with Gasteiger partial charge in [0.25, 0.3) is 0 Å².